The molecular formula is C12H12N2O3. The van der Waals surface area contributed by atoms with Crippen molar-refractivity contribution in [3.8, 4) is 5.75 Å². The lowest BCUT2D eigenvalue weighted by Gasteiger charge is -2.09. The summed E-state index contributed by atoms with van der Waals surface area (Å²) in [5.74, 6) is 0.273. The van der Waals surface area contributed by atoms with Crippen LogP contribution in [0.5, 0.6) is 5.75 Å². The first kappa shape index (κ1) is 11.2. The first-order valence-electron chi connectivity index (χ1n) is 5.07. The number of rotatable bonds is 3. The normalized spacial score (nSPS) is 10.0. The van der Waals surface area contributed by atoms with Crippen molar-refractivity contribution in [1.29, 1.82) is 0 Å². The van der Waals surface area contributed by atoms with Gasteiger partial charge in [0.25, 0.3) is 5.91 Å². The minimum atomic E-state index is -0.331. The van der Waals surface area contributed by atoms with Crippen LogP contribution in [0.4, 0.5) is 5.69 Å². The summed E-state index contributed by atoms with van der Waals surface area (Å²) in [6, 6.07) is 7.03. The number of amides is 1. The second-order valence-corrected chi connectivity index (χ2v) is 3.54. The molecule has 5 nitrogen and oxygen atoms in total. The summed E-state index contributed by atoms with van der Waals surface area (Å²) in [6.07, 6.45) is 1.35. The number of aromatic nitrogens is 1. The molecule has 0 atom stereocenters. The lowest BCUT2D eigenvalue weighted by atomic mass is 10.2. The first-order valence-corrected chi connectivity index (χ1v) is 5.07. The van der Waals surface area contributed by atoms with Crippen molar-refractivity contribution in [2.24, 2.45) is 0 Å². The van der Waals surface area contributed by atoms with Crippen LogP contribution in [0.25, 0.3) is 0 Å². The van der Waals surface area contributed by atoms with Gasteiger partial charge in [-0.25, -0.2) is 0 Å². The van der Waals surface area contributed by atoms with Crippen molar-refractivity contribution < 1.29 is 14.1 Å². The molecule has 1 heterocycles. The van der Waals surface area contributed by atoms with Crippen LogP contribution in [-0.2, 0) is 0 Å². The minimum Gasteiger partial charge on any atom is -0.495 e. The fourth-order valence-corrected chi connectivity index (χ4v) is 1.44. The van der Waals surface area contributed by atoms with Gasteiger partial charge in [-0.15, -0.1) is 0 Å². The largest absolute Gasteiger partial charge is 0.495 e. The molecule has 0 unspecified atom stereocenters. The monoisotopic (exact) mass is 232 g/mol. The van der Waals surface area contributed by atoms with E-state index in [0.29, 0.717) is 11.4 Å². The van der Waals surface area contributed by atoms with Crippen LogP contribution >= 0.6 is 0 Å². The Hall–Kier alpha value is -2.30. The Morgan fingerprint density at radius 1 is 1.41 bits per heavy atom. The molecule has 1 amide bonds. The maximum Gasteiger partial charge on any atom is 0.277 e. The molecule has 1 aromatic carbocycles. The van der Waals surface area contributed by atoms with Gasteiger partial charge in [0.05, 0.1) is 12.8 Å². The number of carbonyl (C=O) groups is 1. The molecule has 0 fully saturated rings. The highest BCUT2D eigenvalue weighted by Gasteiger charge is 2.12. The number of anilines is 1. The van der Waals surface area contributed by atoms with Gasteiger partial charge in [-0.05, 0) is 24.6 Å². The van der Waals surface area contributed by atoms with E-state index in [1.54, 1.807) is 13.2 Å². The third-order valence-corrected chi connectivity index (χ3v) is 2.27. The minimum absolute atomic E-state index is 0.230. The Kier molecular flexibility index (Phi) is 3.09. The Morgan fingerprint density at radius 3 is 2.88 bits per heavy atom. The zero-order chi connectivity index (χ0) is 12.3. The standard InChI is InChI=1S/C12H12N2O3/c1-8-3-4-11(16-2)10(7-8)13-12(15)9-5-6-17-14-9/h3-7H,1-2H3,(H,13,15). The van der Waals surface area contributed by atoms with Gasteiger partial charge in [0, 0.05) is 6.07 Å². The van der Waals surface area contributed by atoms with E-state index in [9.17, 15) is 4.79 Å². The van der Waals surface area contributed by atoms with Gasteiger partial charge in [0.1, 0.15) is 12.0 Å². The molecule has 0 aliphatic carbocycles. The Morgan fingerprint density at radius 2 is 2.24 bits per heavy atom. The van der Waals surface area contributed by atoms with Gasteiger partial charge in [-0.3, -0.25) is 4.79 Å². The summed E-state index contributed by atoms with van der Waals surface area (Å²) in [7, 11) is 1.55. The van der Waals surface area contributed by atoms with Crippen LogP contribution < -0.4 is 10.1 Å². The number of benzene rings is 1. The van der Waals surface area contributed by atoms with Crippen LogP contribution in [0, 0.1) is 6.92 Å². The Labute approximate surface area is 98.4 Å². The van der Waals surface area contributed by atoms with E-state index in [4.69, 9.17) is 4.74 Å². The van der Waals surface area contributed by atoms with Crippen molar-refractivity contribution in [3.05, 3.63) is 41.8 Å². The predicted octanol–water partition coefficient (Wildman–Crippen LogP) is 2.24. The van der Waals surface area contributed by atoms with Crippen molar-refractivity contribution in [3.63, 3.8) is 0 Å². The predicted molar refractivity (Wildman–Crippen MR) is 62.2 cm³/mol. The van der Waals surface area contributed by atoms with Gasteiger partial charge >= 0.3 is 0 Å². The molecule has 0 bridgehead atoms. The Balaban J connectivity index is 2.23. The van der Waals surface area contributed by atoms with Gasteiger partial charge < -0.3 is 14.6 Å². The van der Waals surface area contributed by atoms with Crippen molar-refractivity contribution in [1.82, 2.24) is 5.16 Å². The van der Waals surface area contributed by atoms with Crippen molar-refractivity contribution in [2.75, 3.05) is 12.4 Å². The van der Waals surface area contributed by atoms with Gasteiger partial charge in [-0.2, -0.15) is 0 Å². The summed E-state index contributed by atoms with van der Waals surface area (Å²) in [4.78, 5) is 11.8. The molecule has 0 radical (unpaired) electrons. The lowest BCUT2D eigenvalue weighted by molar-refractivity contribution is 0.101. The molecule has 1 N–H and O–H groups in total. The van der Waals surface area contributed by atoms with Crippen molar-refractivity contribution >= 4 is 11.6 Å². The number of ether oxygens (including phenoxy) is 1. The summed E-state index contributed by atoms with van der Waals surface area (Å²) in [6.45, 7) is 1.94. The maximum absolute atomic E-state index is 11.8. The highest BCUT2D eigenvalue weighted by molar-refractivity contribution is 6.03. The van der Waals surface area contributed by atoms with E-state index in [1.807, 2.05) is 19.1 Å². The molecule has 5 heteroatoms. The zero-order valence-electron chi connectivity index (χ0n) is 9.56. The SMILES string of the molecule is COc1ccc(C)cc1NC(=O)c1ccon1. The highest BCUT2D eigenvalue weighted by atomic mass is 16.5. The summed E-state index contributed by atoms with van der Waals surface area (Å²) < 4.78 is 9.77. The molecule has 0 aliphatic heterocycles. The molecule has 17 heavy (non-hydrogen) atoms. The van der Waals surface area contributed by atoms with E-state index in [2.05, 4.69) is 15.0 Å². The average molecular weight is 232 g/mol. The van der Waals surface area contributed by atoms with E-state index in [0.717, 1.165) is 5.56 Å². The van der Waals surface area contributed by atoms with E-state index < -0.39 is 0 Å². The van der Waals surface area contributed by atoms with E-state index in [-0.39, 0.29) is 11.6 Å². The zero-order valence-corrected chi connectivity index (χ0v) is 9.56. The number of nitrogens with one attached hydrogen (secondary N) is 1. The number of hydrogen-bond acceptors (Lipinski definition) is 4. The first-order chi connectivity index (χ1) is 8.20. The topological polar surface area (TPSA) is 64.4 Å². The maximum atomic E-state index is 11.8. The van der Waals surface area contributed by atoms with Gasteiger partial charge in [0.2, 0.25) is 0 Å². The van der Waals surface area contributed by atoms with Crippen LogP contribution in [0.2, 0.25) is 0 Å². The quantitative estimate of drug-likeness (QED) is 0.881. The van der Waals surface area contributed by atoms with E-state index >= 15 is 0 Å². The second kappa shape index (κ2) is 4.69. The molecule has 2 rings (SSSR count). The molecule has 0 spiro atoms. The fraction of sp³-hybridized carbons (Fsp3) is 0.167. The molecule has 0 aliphatic rings. The van der Waals surface area contributed by atoms with Crippen LogP contribution in [0.3, 0.4) is 0 Å². The number of methoxy groups -OCH3 is 1. The van der Waals surface area contributed by atoms with E-state index in [1.165, 1.54) is 12.3 Å². The summed E-state index contributed by atoms with van der Waals surface area (Å²) in [5.41, 5.74) is 1.87. The summed E-state index contributed by atoms with van der Waals surface area (Å²) >= 11 is 0. The molecule has 0 saturated carbocycles. The third-order valence-electron chi connectivity index (χ3n) is 2.27. The van der Waals surface area contributed by atoms with Crippen molar-refractivity contribution in [2.45, 2.75) is 6.92 Å². The average Bonchev–Trinajstić information content (AvgIpc) is 2.83. The lowest BCUT2D eigenvalue weighted by Crippen LogP contribution is -2.13. The number of nitrogens with zero attached hydrogens (tertiary/aromatic N) is 1. The molecule has 1 aromatic heterocycles. The van der Waals surface area contributed by atoms with Gasteiger partial charge in [0.15, 0.2) is 5.69 Å². The second-order valence-electron chi connectivity index (χ2n) is 3.54. The van der Waals surface area contributed by atoms with Crippen LogP contribution in [-0.4, -0.2) is 18.2 Å². The Bertz CT molecular complexity index is 521. The van der Waals surface area contributed by atoms with Crippen LogP contribution in [0.1, 0.15) is 16.1 Å². The molecule has 0 saturated heterocycles. The fourth-order valence-electron chi connectivity index (χ4n) is 1.44. The highest BCUT2D eigenvalue weighted by Crippen LogP contribution is 2.25. The third kappa shape index (κ3) is 2.44. The smallest absolute Gasteiger partial charge is 0.277 e. The number of aryl methyl sites for hydroxylation is 1. The number of hydrogen-bond donors (Lipinski definition) is 1. The summed E-state index contributed by atoms with van der Waals surface area (Å²) in [5, 5.41) is 6.28. The number of carbonyl (C=O) groups excluding carboxylic acids is 1. The molecular weight excluding hydrogens is 220 g/mol. The van der Waals surface area contributed by atoms with Crippen LogP contribution in [0.15, 0.2) is 35.1 Å². The molecule has 2 aromatic rings. The molecule has 88 valence electrons. The van der Waals surface area contributed by atoms with Gasteiger partial charge in [-0.1, -0.05) is 11.2 Å².